The van der Waals surface area contributed by atoms with Gasteiger partial charge in [-0.3, -0.25) is 4.79 Å². The summed E-state index contributed by atoms with van der Waals surface area (Å²) in [7, 11) is 0. The molecule has 2 aromatic rings. The molecule has 0 fully saturated rings. The van der Waals surface area contributed by atoms with Crippen molar-refractivity contribution in [2.45, 2.75) is 19.5 Å². The molecule has 1 unspecified atom stereocenters. The van der Waals surface area contributed by atoms with Crippen LogP contribution in [0.25, 0.3) is 0 Å². The zero-order chi connectivity index (χ0) is 13.9. The van der Waals surface area contributed by atoms with Gasteiger partial charge >= 0.3 is 0 Å². The minimum absolute atomic E-state index is 0.0322. The molecule has 1 aliphatic heterocycles. The van der Waals surface area contributed by atoms with Crippen LogP contribution in [0.5, 0.6) is 0 Å². The summed E-state index contributed by atoms with van der Waals surface area (Å²) in [5.74, 6) is 0.117. The largest absolute Gasteiger partial charge is 0.304 e. The van der Waals surface area contributed by atoms with Crippen LogP contribution in [0.3, 0.4) is 0 Å². The van der Waals surface area contributed by atoms with Crippen molar-refractivity contribution in [1.82, 2.24) is 5.32 Å². The molecule has 0 saturated carbocycles. The molecule has 0 aliphatic carbocycles. The topological polar surface area (TPSA) is 32.3 Å². The molecule has 3 heteroatoms. The molecule has 3 rings (SSSR count). The van der Waals surface area contributed by atoms with Crippen molar-refractivity contribution in [3.63, 3.8) is 0 Å². The molecule has 102 valence electrons. The number of nitrogens with one attached hydrogen (secondary N) is 1. The highest BCUT2D eigenvalue weighted by Crippen LogP contribution is 2.31. The second kappa shape index (κ2) is 5.47. The predicted molar refractivity (Wildman–Crippen MR) is 80.5 cm³/mol. The van der Waals surface area contributed by atoms with Gasteiger partial charge in [-0.05, 0) is 24.1 Å². The molecule has 20 heavy (non-hydrogen) atoms. The molecule has 1 heterocycles. The van der Waals surface area contributed by atoms with Crippen LogP contribution in [0.2, 0.25) is 0 Å². The van der Waals surface area contributed by atoms with Crippen molar-refractivity contribution >= 4 is 11.6 Å². The zero-order valence-corrected chi connectivity index (χ0v) is 11.5. The quantitative estimate of drug-likeness (QED) is 0.906. The van der Waals surface area contributed by atoms with Crippen LogP contribution >= 0.6 is 0 Å². The van der Waals surface area contributed by atoms with E-state index in [2.05, 4.69) is 30.4 Å². The van der Waals surface area contributed by atoms with E-state index in [0.29, 0.717) is 6.54 Å². The molecule has 0 spiro atoms. The molecule has 0 bridgehead atoms. The Hall–Kier alpha value is -2.13. The average Bonchev–Trinajstić information content (AvgIpc) is 2.66. The Morgan fingerprint density at radius 1 is 1.00 bits per heavy atom. The van der Waals surface area contributed by atoms with Gasteiger partial charge in [0.1, 0.15) is 0 Å². The standard InChI is InChI=1S/C17H18N2O/c1-13(14-7-3-2-4-8-14)19-16-10-6-5-9-15(16)11-18-12-17(19)20/h2-10,13,18H,11-12H2,1H3. The first kappa shape index (κ1) is 12.9. The van der Waals surface area contributed by atoms with E-state index < -0.39 is 0 Å². The smallest absolute Gasteiger partial charge is 0.241 e. The maximum Gasteiger partial charge on any atom is 0.241 e. The Labute approximate surface area is 119 Å². The van der Waals surface area contributed by atoms with Crippen LogP contribution in [-0.4, -0.2) is 12.5 Å². The molecule has 1 aliphatic rings. The Morgan fingerprint density at radius 3 is 2.50 bits per heavy atom. The molecule has 2 aromatic carbocycles. The van der Waals surface area contributed by atoms with Gasteiger partial charge in [-0.25, -0.2) is 0 Å². The normalized spacial score (nSPS) is 16.4. The number of carbonyl (C=O) groups is 1. The molecule has 0 radical (unpaired) electrons. The number of benzene rings is 2. The summed E-state index contributed by atoms with van der Waals surface area (Å²) in [5.41, 5.74) is 3.33. The van der Waals surface area contributed by atoms with Crippen LogP contribution in [0, 0.1) is 0 Å². The third-order valence-corrected chi connectivity index (χ3v) is 3.78. The van der Waals surface area contributed by atoms with Crippen LogP contribution in [-0.2, 0) is 11.3 Å². The minimum atomic E-state index is 0.0322. The predicted octanol–water partition coefficient (Wildman–Crippen LogP) is 2.88. The van der Waals surface area contributed by atoms with E-state index in [0.717, 1.165) is 17.8 Å². The highest BCUT2D eigenvalue weighted by Gasteiger charge is 2.26. The summed E-state index contributed by atoms with van der Waals surface area (Å²) in [4.78, 5) is 14.4. The second-order valence-electron chi connectivity index (χ2n) is 5.08. The van der Waals surface area contributed by atoms with Gasteiger partial charge in [-0.2, -0.15) is 0 Å². The first-order valence-electron chi connectivity index (χ1n) is 6.93. The van der Waals surface area contributed by atoms with Crippen molar-refractivity contribution in [3.8, 4) is 0 Å². The maximum atomic E-state index is 12.5. The first-order valence-corrected chi connectivity index (χ1v) is 6.93. The van der Waals surface area contributed by atoms with E-state index in [1.165, 1.54) is 5.56 Å². The Morgan fingerprint density at radius 2 is 1.70 bits per heavy atom. The number of nitrogens with zero attached hydrogens (tertiary/aromatic N) is 1. The number of rotatable bonds is 2. The summed E-state index contributed by atoms with van der Waals surface area (Å²) in [6, 6.07) is 18.3. The van der Waals surface area contributed by atoms with Crippen LogP contribution in [0.1, 0.15) is 24.1 Å². The molecule has 1 amide bonds. The molecule has 0 saturated heterocycles. The Balaban J connectivity index is 2.04. The molecular formula is C17H18N2O. The lowest BCUT2D eigenvalue weighted by Gasteiger charge is -2.29. The van der Waals surface area contributed by atoms with Gasteiger partial charge in [0, 0.05) is 12.2 Å². The van der Waals surface area contributed by atoms with Crippen molar-refractivity contribution in [3.05, 3.63) is 65.7 Å². The average molecular weight is 266 g/mol. The van der Waals surface area contributed by atoms with Gasteiger partial charge in [0.25, 0.3) is 0 Å². The third-order valence-electron chi connectivity index (χ3n) is 3.78. The van der Waals surface area contributed by atoms with E-state index >= 15 is 0 Å². The Bertz CT molecular complexity index is 609. The molecule has 1 atom stereocenters. The number of para-hydroxylation sites is 1. The number of fused-ring (bicyclic) bond motifs is 1. The Kier molecular flexibility index (Phi) is 3.52. The van der Waals surface area contributed by atoms with E-state index in [1.807, 2.05) is 41.3 Å². The van der Waals surface area contributed by atoms with Gasteiger partial charge in [0.15, 0.2) is 0 Å². The summed E-state index contributed by atoms with van der Waals surface area (Å²) < 4.78 is 0. The summed E-state index contributed by atoms with van der Waals surface area (Å²) >= 11 is 0. The molecular weight excluding hydrogens is 248 g/mol. The van der Waals surface area contributed by atoms with Crippen LogP contribution < -0.4 is 10.2 Å². The monoisotopic (exact) mass is 266 g/mol. The van der Waals surface area contributed by atoms with Gasteiger partial charge in [0.05, 0.1) is 12.6 Å². The minimum Gasteiger partial charge on any atom is -0.304 e. The number of hydrogen-bond donors (Lipinski definition) is 1. The van der Waals surface area contributed by atoms with Crippen molar-refractivity contribution < 1.29 is 4.79 Å². The second-order valence-corrected chi connectivity index (χ2v) is 5.08. The van der Waals surface area contributed by atoms with E-state index in [4.69, 9.17) is 0 Å². The maximum absolute atomic E-state index is 12.5. The van der Waals surface area contributed by atoms with Gasteiger partial charge in [-0.1, -0.05) is 48.5 Å². The number of carbonyl (C=O) groups excluding carboxylic acids is 1. The van der Waals surface area contributed by atoms with Crippen molar-refractivity contribution in [2.24, 2.45) is 0 Å². The third kappa shape index (κ3) is 2.32. The first-order chi connectivity index (χ1) is 9.77. The van der Waals surface area contributed by atoms with Crippen molar-refractivity contribution in [1.29, 1.82) is 0 Å². The number of anilines is 1. The van der Waals surface area contributed by atoms with E-state index in [9.17, 15) is 4.79 Å². The summed E-state index contributed by atoms with van der Waals surface area (Å²) in [6.07, 6.45) is 0. The van der Waals surface area contributed by atoms with E-state index in [1.54, 1.807) is 0 Å². The molecule has 1 N–H and O–H groups in total. The fourth-order valence-electron chi connectivity index (χ4n) is 2.72. The number of hydrogen-bond acceptors (Lipinski definition) is 2. The summed E-state index contributed by atoms with van der Waals surface area (Å²) in [6.45, 7) is 3.20. The van der Waals surface area contributed by atoms with Crippen molar-refractivity contribution in [2.75, 3.05) is 11.4 Å². The lowest BCUT2D eigenvalue weighted by atomic mass is 10.0. The fraction of sp³-hybridized carbons (Fsp3) is 0.235. The summed E-state index contributed by atoms with van der Waals surface area (Å²) in [5, 5.41) is 3.20. The van der Waals surface area contributed by atoms with Crippen LogP contribution in [0.15, 0.2) is 54.6 Å². The lowest BCUT2D eigenvalue weighted by molar-refractivity contribution is -0.118. The van der Waals surface area contributed by atoms with Gasteiger partial charge in [0.2, 0.25) is 5.91 Å². The molecule has 0 aromatic heterocycles. The zero-order valence-electron chi connectivity index (χ0n) is 11.5. The highest BCUT2D eigenvalue weighted by molar-refractivity contribution is 5.96. The van der Waals surface area contributed by atoms with Gasteiger partial charge < -0.3 is 10.2 Å². The SMILES string of the molecule is CC(c1ccccc1)N1C(=O)CNCc2ccccc21. The fourth-order valence-corrected chi connectivity index (χ4v) is 2.72. The lowest BCUT2D eigenvalue weighted by Crippen LogP contribution is -2.37. The van der Waals surface area contributed by atoms with Crippen LogP contribution in [0.4, 0.5) is 5.69 Å². The number of amides is 1. The van der Waals surface area contributed by atoms with E-state index in [-0.39, 0.29) is 11.9 Å². The van der Waals surface area contributed by atoms with Gasteiger partial charge in [-0.15, -0.1) is 0 Å². The molecule has 3 nitrogen and oxygen atoms in total. The highest BCUT2D eigenvalue weighted by atomic mass is 16.2.